The zero-order valence-corrected chi connectivity index (χ0v) is 11.9. The predicted octanol–water partition coefficient (Wildman–Crippen LogP) is 5.33. The highest BCUT2D eigenvalue weighted by atomic mass is 32.3. The van der Waals surface area contributed by atoms with Crippen LogP contribution in [0.5, 0.6) is 0 Å². The Morgan fingerprint density at radius 2 is 1.13 bits per heavy atom. The van der Waals surface area contributed by atoms with Crippen LogP contribution >= 0.6 is 10.0 Å². The number of hydrogen-bond acceptors (Lipinski definition) is 0. The van der Waals surface area contributed by atoms with Crippen molar-refractivity contribution in [3.05, 3.63) is 12.0 Å². The normalized spacial score (nSPS) is 12.7. The van der Waals surface area contributed by atoms with E-state index in [4.69, 9.17) is 0 Å². The molecule has 0 rings (SSSR count). The average Bonchev–Trinajstić information content (AvgIpc) is 2.29. The number of rotatable bonds is 10. The van der Waals surface area contributed by atoms with Gasteiger partial charge in [0.15, 0.2) is 0 Å². The molecule has 0 N–H and O–H groups in total. The van der Waals surface area contributed by atoms with Crippen molar-refractivity contribution in [3.63, 3.8) is 0 Å². The van der Waals surface area contributed by atoms with Crippen molar-refractivity contribution in [1.82, 2.24) is 0 Å². The smallest absolute Gasteiger partial charge is 0.0194 e. The molecule has 0 saturated carbocycles. The highest BCUT2D eigenvalue weighted by Crippen LogP contribution is 2.51. The van der Waals surface area contributed by atoms with E-state index in [1.54, 1.807) is 0 Å². The van der Waals surface area contributed by atoms with Gasteiger partial charge in [-0.05, 0) is 36.5 Å². The quantitative estimate of drug-likeness (QED) is 0.475. The molecule has 0 saturated heterocycles. The minimum absolute atomic E-state index is 0.457. The molecule has 0 fully saturated rings. The zero-order chi connectivity index (χ0) is 11.6. The molecule has 92 valence electrons. The van der Waals surface area contributed by atoms with Crippen LogP contribution in [0.4, 0.5) is 0 Å². The second-order valence-electron chi connectivity index (χ2n) is 4.45. The van der Waals surface area contributed by atoms with Crippen LogP contribution < -0.4 is 0 Å². The SMILES string of the molecule is C=CS(CCCC)(CCCC)CCCC. The van der Waals surface area contributed by atoms with E-state index < -0.39 is 10.0 Å². The molecule has 1 heteroatoms. The summed E-state index contributed by atoms with van der Waals surface area (Å²) in [6.07, 6.45) is 8.20. The van der Waals surface area contributed by atoms with Crippen molar-refractivity contribution < 1.29 is 0 Å². The Bertz CT molecular complexity index is 130. The van der Waals surface area contributed by atoms with Gasteiger partial charge in [-0.15, -0.1) is 0 Å². The third-order valence-corrected chi connectivity index (χ3v) is 7.08. The van der Waals surface area contributed by atoms with Gasteiger partial charge in [0.2, 0.25) is 0 Å². The fourth-order valence-electron chi connectivity index (χ4n) is 1.85. The van der Waals surface area contributed by atoms with Crippen LogP contribution in [0.2, 0.25) is 0 Å². The van der Waals surface area contributed by atoms with Gasteiger partial charge in [-0.25, -0.2) is 10.0 Å². The second-order valence-corrected chi connectivity index (χ2v) is 8.23. The van der Waals surface area contributed by atoms with E-state index in [9.17, 15) is 0 Å². The Hall–Kier alpha value is 0.0900. The summed E-state index contributed by atoms with van der Waals surface area (Å²) in [5.74, 6) is 4.31. The maximum absolute atomic E-state index is 4.13. The molecular weight excluding hydrogens is 200 g/mol. The highest BCUT2D eigenvalue weighted by molar-refractivity contribution is 8.36. The summed E-state index contributed by atoms with van der Waals surface area (Å²) >= 11 is 0. The minimum Gasteiger partial charge on any atom is -0.222 e. The van der Waals surface area contributed by atoms with Crippen LogP contribution in [0.1, 0.15) is 59.3 Å². The van der Waals surface area contributed by atoms with Crippen LogP contribution in [-0.2, 0) is 0 Å². The Kier molecular flexibility index (Phi) is 9.38. The maximum atomic E-state index is 4.13. The van der Waals surface area contributed by atoms with E-state index in [1.807, 2.05) is 0 Å². The standard InChI is InChI=1S/C14H30S/c1-5-9-12-15(8-4,13-10-6-2)14-11-7-3/h8H,4-7,9-14H2,1-3H3. The van der Waals surface area contributed by atoms with Gasteiger partial charge in [-0.1, -0.05) is 52.0 Å². The van der Waals surface area contributed by atoms with E-state index in [2.05, 4.69) is 32.8 Å². The summed E-state index contributed by atoms with van der Waals surface area (Å²) in [5, 5.41) is 2.34. The average molecular weight is 230 g/mol. The molecule has 0 nitrogen and oxygen atoms in total. The van der Waals surface area contributed by atoms with Crippen molar-refractivity contribution in [2.75, 3.05) is 17.3 Å². The fourth-order valence-corrected chi connectivity index (χ4v) is 5.55. The van der Waals surface area contributed by atoms with Gasteiger partial charge in [0.25, 0.3) is 0 Å². The molecule has 0 bridgehead atoms. The van der Waals surface area contributed by atoms with Crippen LogP contribution in [0.25, 0.3) is 0 Å². The van der Waals surface area contributed by atoms with E-state index in [0.29, 0.717) is 0 Å². The monoisotopic (exact) mass is 230 g/mol. The van der Waals surface area contributed by atoms with Gasteiger partial charge < -0.3 is 0 Å². The fraction of sp³-hybridized carbons (Fsp3) is 0.857. The van der Waals surface area contributed by atoms with Gasteiger partial charge in [0.1, 0.15) is 0 Å². The molecule has 0 spiro atoms. The first-order valence-corrected chi connectivity index (χ1v) is 8.83. The van der Waals surface area contributed by atoms with Gasteiger partial charge in [-0.3, -0.25) is 0 Å². The number of unbranched alkanes of at least 4 members (excludes halogenated alkanes) is 3. The molecular formula is C14H30S. The molecule has 0 atom stereocenters. The second kappa shape index (κ2) is 9.33. The molecule has 0 radical (unpaired) electrons. The predicted molar refractivity (Wildman–Crippen MR) is 77.1 cm³/mol. The Labute approximate surface area is 98.9 Å². The first-order chi connectivity index (χ1) is 7.24. The minimum atomic E-state index is -0.457. The van der Waals surface area contributed by atoms with Gasteiger partial charge in [0.05, 0.1) is 0 Å². The molecule has 0 aliphatic rings. The van der Waals surface area contributed by atoms with E-state index in [0.717, 1.165) is 0 Å². The lowest BCUT2D eigenvalue weighted by Gasteiger charge is -2.37. The van der Waals surface area contributed by atoms with Crippen LogP contribution in [0, 0.1) is 0 Å². The van der Waals surface area contributed by atoms with Gasteiger partial charge in [-0.2, -0.15) is 0 Å². The summed E-state index contributed by atoms with van der Waals surface area (Å²) in [6.45, 7) is 11.0. The van der Waals surface area contributed by atoms with E-state index >= 15 is 0 Å². The largest absolute Gasteiger partial charge is 0.222 e. The molecule has 0 aromatic heterocycles. The van der Waals surface area contributed by atoms with Crippen LogP contribution in [-0.4, -0.2) is 17.3 Å². The summed E-state index contributed by atoms with van der Waals surface area (Å²) in [7, 11) is -0.457. The lowest BCUT2D eigenvalue weighted by Crippen LogP contribution is -2.11. The molecule has 0 aromatic carbocycles. The molecule has 15 heavy (non-hydrogen) atoms. The van der Waals surface area contributed by atoms with Crippen LogP contribution in [0.15, 0.2) is 12.0 Å². The van der Waals surface area contributed by atoms with Crippen molar-refractivity contribution >= 4 is 10.0 Å². The van der Waals surface area contributed by atoms with Gasteiger partial charge in [0, 0.05) is 0 Å². The first-order valence-electron chi connectivity index (χ1n) is 6.63. The summed E-state index contributed by atoms with van der Waals surface area (Å²) in [4.78, 5) is 0. The Morgan fingerprint density at radius 3 is 1.33 bits per heavy atom. The third-order valence-electron chi connectivity index (χ3n) is 3.07. The van der Waals surface area contributed by atoms with Crippen molar-refractivity contribution in [2.24, 2.45) is 0 Å². The first kappa shape index (κ1) is 15.1. The molecule has 0 aliphatic heterocycles. The highest BCUT2D eigenvalue weighted by Gasteiger charge is 2.18. The Morgan fingerprint density at radius 1 is 0.800 bits per heavy atom. The molecule has 0 aromatic rings. The van der Waals surface area contributed by atoms with Crippen molar-refractivity contribution in [1.29, 1.82) is 0 Å². The molecule has 0 heterocycles. The summed E-state index contributed by atoms with van der Waals surface area (Å²) < 4.78 is 0. The topological polar surface area (TPSA) is 0 Å². The maximum Gasteiger partial charge on any atom is -0.0194 e. The van der Waals surface area contributed by atoms with Crippen LogP contribution in [0.3, 0.4) is 0 Å². The van der Waals surface area contributed by atoms with Gasteiger partial charge >= 0.3 is 0 Å². The molecule has 0 amide bonds. The van der Waals surface area contributed by atoms with Crippen molar-refractivity contribution in [3.8, 4) is 0 Å². The summed E-state index contributed by atoms with van der Waals surface area (Å²) in [6, 6.07) is 0. The molecule has 0 unspecified atom stereocenters. The lowest BCUT2D eigenvalue weighted by molar-refractivity contribution is 0.851. The summed E-state index contributed by atoms with van der Waals surface area (Å²) in [5.41, 5.74) is 0. The Balaban J connectivity index is 4.23. The number of hydrogen-bond donors (Lipinski definition) is 0. The zero-order valence-electron chi connectivity index (χ0n) is 11.1. The van der Waals surface area contributed by atoms with Crippen molar-refractivity contribution in [2.45, 2.75) is 59.3 Å². The molecule has 0 aliphatic carbocycles. The third kappa shape index (κ3) is 6.29. The lowest BCUT2D eigenvalue weighted by atomic mass is 10.4. The van der Waals surface area contributed by atoms with E-state index in [-0.39, 0.29) is 0 Å². The van der Waals surface area contributed by atoms with E-state index in [1.165, 1.54) is 55.8 Å².